The number of carbonyl (C=O) groups excluding carboxylic acids is 1. The van der Waals surface area contributed by atoms with Crippen LogP contribution in [0.3, 0.4) is 0 Å². The number of benzene rings is 3. The standard InChI is InChI=1S/C23H16Cl2F2N4OS/c24-16-5-10-20(19(25)11-16)31-21(12-28-22(32)15-3-8-18(27)9-4-15)29-30-23(31)33-13-14-1-6-17(26)7-2-14/h1-11H,12-13H2,(H,28,32). The van der Waals surface area contributed by atoms with Crippen LogP contribution in [0.25, 0.3) is 5.69 Å². The average molecular weight is 505 g/mol. The van der Waals surface area contributed by atoms with E-state index in [0.29, 0.717) is 38.0 Å². The van der Waals surface area contributed by atoms with E-state index in [9.17, 15) is 13.6 Å². The molecular formula is C23H16Cl2F2N4OS. The number of nitrogens with one attached hydrogen (secondary N) is 1. The quantitative estimate of drug-likeness (QED) is 0.310. The Balaban J connectivity index is 1.59. The van der Waals surface area contributed by atoms with Crippen LogP contribution in [0.15, 0.2) is 71.9 Å². The van der Waals surface area contributed by atoms with Gasteiger partial charge in [-0.1, -0.05) is 47.1 Å². The van der Waals surface area contributed by atoms with Crippen LogP contribution in [-0.2, 0) is 12.3 Å². The second kappa shape index (κ2) is 10.3. The Morgan fingerprint density at radius 3 is 2.27 bits per heavy atom. The van der Waals surface area contributed by atoms with Crippen molar-refractivity contribution < 1.29 is 13.6 Å². The van der Waals surface area contributed by atoms with Gasteiger partial charge in [0.05, 0.1) is 17.3 Å². The number of hydrogen-bond acceptors (Lipinski definition) is 4. The Bertz CT molecular complexity index is 1280. The number of nitrogens with zero attached hydrogens (tertiary/aromatic N) is 3. The predicted octanol–water partition coefficient (Wildman–Crippen LogP) is 6.07. The molecule has 0 aliphatic carbocycles. The zero-order valence-corrected chi connectivity index (χ0v) is 19.3. The summed E-state index contributed by atoms with van der Waals surface area (Å²) >= 11 is 13.9. The molecule has 10 heteroatoms. The molecule has 3 aromatic carbocycles. The predicted molar refractivity (Wildman–Crippen MR) is 125 cm³/mol. The summed E-state index contributed by atoms with van der Waals surface area (Å²) in [5.41, 5.74) is 1.82. The smallest absolute Gasteiger partial charge is 0.251 e. The molecule has 33 heavy (non-hydrogen) atoms. The number of rotatable bonds is 7. The third-order valence-electron chi connectivity index (χ3n) is 4.65. The summed E-state index contributed by atoms with van der Waals surface area (Å²) in [6, 6.07) is 16.5. The second-order valence-electron chi connectivity index (χ2n) is 6.93. The van der Waals surface area contributed by atoms with Gasteiger partial charge in [-0.15, -0.1) is 10.2 Å². The van der Waals surface area contributed by atoms with Crippen molar-refractivity contribution in [3.63, 3.8) is 0 Å². The van der Waals surface area contributed by atoms with Crippen LogP contribution < -0.4 is 5.32 Å². The molecule has 1 aromatic heterocycles. The molecule has 5 nitrogen and oxygen atoms in total. The van der Waals surface area contributed by atoms with E-state index >= 15 is 0 Å². The zero-order chi connectivity index (χ0) is 23.4. The molecule has 4 rings (SSSR count). The Morgan fingerprint density at radius 1 is 0.939 bits per heavy atom. The molecule has 0 saturated heterocycles. The maximum absolute atomic E-state index is 13.2. The van der Waals surface area contributed by atoms with Gasteiger partial charge in [0, 0.05) is 16.3 Å². The van der Waals surface area contributed by atoms with Crippen molar-refractivity contribution in [2.45, 2.75) is 17.5 Å². The van der Waals surface area contributed by atoms with Crippen molar-refractivity contribution in [2.75, 3.05) is 0 Å². The van der Waals surface area contributed by atoms with Crippen LogP contribution >= 0.6 is 35.0 Å². The molecule has 4 aromatic rings. The molecule has 168 valence electrons. The number of carbonyl (C=O) groups is 1. The molecular weight excluding hydrogens is 489 g/mol. The number of thioether (sulfide) groups is 1. The fourth-order valence-corrected chi connectivity index (χ4v) is 4.42. The van der Waals surface area contributed by atoms with Crippen LogP contribution in [0.5, 0.6) is 0 Å². The fraction of sp³-hybridized carbons (Fsp3) is 0.0870. The maximum Gasteiger partial charge on any atom is 0.251 e. The minimum atomic E-state index is -0.425. The van der Waals surface area contributed by atoms with Gasteiger partial charge in [0.15, 0.2) is 11.0 Å². The topological polar surface area (TPSA) is 59.8 Å². The Labute approximate surface area is 202 Å². The first-order valence-corrected chi connectivity index (χ1v) is 11.5. The Morgan fingerprint density at radius 2 is 1.61 bits per heavy atom. The van der Waals surface area contributed by atoms with E-state index in [-0.39, 0.29) is 18.3 Å². The first kappa shape index (κ1) is 23.2. The highest BCUT2D eigenvalue weighted by atomic mass is 35.5. The summed E-state index contributed by atoms with van der Waals surface area (Å²) in [6.07, 6.45) is 0. The lowest BCUT2D eigenvalue weighted by Crippen LogP contribution is -2.24. The van der Waals surface area contributed by atoms with Crippen molar-refractivity contribution in [3.05, 3.63) is 105 Å². The van der Waals surface area contributed by atoms with Crippen LogP contribution in [0.1, 0.15) is 21.7 Å². The molecule has 0 spiro atoms. The van der Waals surface area contributed by atoms with Gasteiger partial charge in [-0.3, -0.25) is 9.36 Å². The van der Waals surface area contributed by atoms with Crippen molar-refractivity contribution >= 4 is 40.9 Å². The maximum atomic E-state index is 13.2. The molecule has 0 aliphatic heterocycles. The van der Waals surface area contributed by atoms with Gasteiger partial charge in [0.2, 0.25) is 0 Å². The van der Waals surface area contributed by atoms with Crippen LogP contribution in [0.4, 0.5) is 8.78 Å². The third-order valence-corrected chi connectivity index (χ3v) is 6.18. The number of halogens is 4. The van der Waals surface area contributed by atoms with Gasteiger partial charge in [0.1, 0.15) is 11.6 Å². The van der Waals surface area contributed by atoms with E-state index in [4.69, 9.17) is 23.2 Å². The van der Waals surface area contributed by atoms with Crippen molar-refractivity contribution in [1.82, 2.24) is 20.1 Å². The lowest BCUT2D eigenvalue weighted by molar-refractivity contribution is 0.0949. The van der Waals surface area contributed by atoms with Gasteiger partial charge < -0.3 is 5.32 Å². The fourth-order valence-electron chi connectivity index (χ4n) is 3.00. The SMILES string of the molecule is O=C(NCc1nnc(SCc2ccc(F)cc2)n1-c1ccc(Cl)cc1Cl)c1ccc(F)cc1. The van der Waals surface area contributed by atoms with Gasteiger partial charge in [-0.2, -0.15) is 0 Å². The van der Waals surface area contributed by atoms with E-state index < -0.39 is 5.82 Å². The highest BCUT2D eigenvalue weighted by Crippen LogP contribution is 2.30. The Hall–Kier alpha value is -2.94. The minimum Gasteiger partial charge on any atom is -0.345 e. The van der Waals surface area contributed by atoms with Gasteiger partial charge in [-0.05, 0) is 60.2 Å². The zero-order valence-electron chi connectivity index (χ0n) is 16.9. The molecule has 0 unspecified atom stereocenters. The van der Waals surface area contributed by atoms with Crippen molar-refractivity contribution in [2.24, 2.45) is 0 Å². The summed E-state index contributed by atoms with van der Waals surface area (Å²) in [5.74, 6) is -0.153. The van der Waals surface area contributed by atoms with Gasteiger partial charge >= 0.3 is 0 Å². The molecule has 1 heterocycles. The number of amides is 1. The lowest BCUT2D eigenvalue weighted by atomic mass is 10.2. The van der Waals surface area contributed by atoms with Crippen molar-refractivity contribution in [1.29, 1.82) is 0 Å². The van der Waals surface area contributed by atoms with Gasteiger partial charge in [-0.25, -0.2) is 8.78 Å². The second-order valence-corrected chi connectivity index (χ2v) is 8.72. The Kier molecular flexibility index (Phi) is 7.27. The molecule has 1 amide bonds. The van der Waals surface area contributed by atoms with E-state index in [1.165, 1.54) is 48.2 Å². The summed E-state index contributed by atoms with van der Waals surface area (Å²) in [6.45, 7) is 0.0548. The molecule has 1 N–H and O–H groups in total. The minimum absolute atomic E-state index is 0.0548. The highest BCUT2D eigenvalue weighted by Gasteiger charge is 2.18. The highest BCUT2D eigenvalue weighted by molar-refractivity contribution is 7.98. The normalized spacial score (nSPS) is 10.9. The van der Waals surface area contributed by atoms with Crippen LogP contribution in [-0.4, -0.2) is 20.7 Å². The largest absolute Gasteiger partial charge is 0.345 e. The first-order chi connectivity index (χ1) is 15.9. The molecule has 0 radical (unpaired) electrons. The van der Waals surface area contributed by atoms with Gasteiger partial charge in [0.25, 0.3) is 5.91 Å². The van der Waals surface area contributed by atoms with E-state index in [1.54, 1.807) is 34.9 Å². The van der Waals surface area contributed by atoms with Crippen molar-refractivity contribution in [3.8, 4) is 5.69 Å². The molecule has 0 fully saturated rings. The number of hydrogen-bond donors (Lipinski definition) is 1. The summed E-state index contributed by atoms with van der Waals surface area (Å²) < 4.78 is 28.1. The average Bonchev–Trinajstić information content (AvgIpc) is 3.20. The van der Waals surface area contributed by atoms with E-state index in [0.717, 1.165) is 5.56 Å². The monoisotopic (exact) mass is 504 g/mol. The molecule has 0 saturated carbocycles. The molecule has 0 atom stereocenters. The van der Waals surface area contributed by atoms with E-state index in [1.807, 2.05) is 0 Å². The lowest BCUT2D eigenvalue weighted by Gasteiger charge is -2.13. The molecule has 0 bridgehead atoms. The summed E-state index contributed by atoms with van der Waals surface area (Å²) in [4.78, 5) is 12.5. The number of aromatic nitrogens is 3. The van der Waals surface area contributed by atoms with Crippen LogP contribution in [0.2, 0.25) is 10.0 Å². The van der Waals surface area contributed by atoms with Crippen LogP contribution in [0, 0.1) is 11.6 Å². The van der Waals surface area contributed by atoms with E-state index in [2.05, 4.69) is 15.5 Å². The molecule has 0 aliphatic rings. The summed E-state index contributed by atoms with van der Waals surface area (Å²) in [7, 11) is 0. The summed E-state index contributed by atoms with van der Waals surface area (Å²) in [5, 5.41) is 12.7. The third kappa shape index (κ3) is 5.71. The first-order valence-electron chi connectivity index (χ1n) is 9.71.